The van der Waals surface area contributed by atoms with E-state index in [1.165, 1.54) is 0 Å². The Morgan fingerprint density at radius 3 is 2.69 bits per heavy atom. The molecule has 0 saturated carbocycles. The van der Waals surface area contributed by atoms with Crippen LogP contribution in [-0.4, -0.2) is 19.7 Å². The van der Waals surface area contributed by atoms with E-state index in [0.717, 1.165) is 28.8 Å². The molecule has 0 aliphatic heterocycles. The SMILES string of the molecule is CCCn1c(=O)c(C)nc2cc(-c3noc([C@@H](C)Oc4ccccc4)n3)ccc21. The smallest absolute Gasteiger partial charge is 0.272 e. The quantitative estimate of drug-likeness (QED) is 0.488. The summed E-state index contributed by atoms with van der Waals surface area (Å²) in [7, 11) is 0. The summed E-state index contributed by atoms with van der Waals surface area (Å²) in [5, 5.41) is 4.09. The molecule has 2 heterocycles. The van der Waals surface area contributed by atoms with E-state index in [1.807, 2.05) is 62.4 Å². The molecule has 29 heavy (non-hydrogen) atoms. The third kappa shape index (κ3) is 3.76. The van der Waals surface area contributed by atoms with Crippen LogP contribution in [0.25, 0.3) is 22.4 Å². The van der Waals surface area contributed by atoms with Gasteiger partial charge in [0.2, 0.25) is 5.82 Å². The second-order valence-corrected chi connectivity index (χ2v) is 6.89. The van der Waals surface area contributed by atoms with Gasteiger partial charge in [0.25, 0.3) is 11.4 Å². The Morgan fingerprint density at radius 2 is 1.93 bits per heavy atom. The molecule has 0 saturated heterocycles. The lowest BCUT2D eigenvalue weighted by atomic mass is 10.1. The van der Waals surface area contributed by atoms with Gasteiger partial charge in [0.05, 0.1) is 11.0 Å². The molecule has 148 valence electrons. The van der Waals surface area contributed by atoms with Gasteiger partial charge in [0.1, 0.15) is 11.4 Å². The summed E-state index contributed by atoms with van der Waals surface area (Å²) >= 11 is 0. The van der Waals surface area contributed by atoms with Crippen LogP contribution in [0.3, 0.4) is 0 Å². The molecule has 2 aromatic heterocycles. The Kier molecular flexibility index (Phi) is 5.12. The first-order chi connectivity index (χ1) is 14.1. The minimum Gasteiger partial charge on any atom is -0.481 e. The highest BCUT2D eigenvalue weighted by atomic mass is 16.5. The monoisotopic (exact) mass is 390 g/mol. The molecule has 1 atom stereocenters. The Balaban J connectivity index is 1.65. The van der Waals surface area contributed by atoms with Gasteiger partial charge in [-0.2, -0.15) is 4.98 Å². The molecule has 7 heteroatoms. The number of hydrogen-bond acceptors (Lipinski definition) is 6. The Morgan fingerprint density at radius 1 is 1.14 bits per heavy atom. The maximum atomic E-state index is 12.4. The molecule has 4 rings (SSSR count). The maximum Gasteiger partial charge on any atom is 0.272 e. The number of rotatable bonds is 6. The van der Waals surface area contributed by atoms with Gasteiger partial charge in [0.15, 0.2) is 6.10 Å². The largest absolute Gasteiger partial charge is 0.481 e. The number of fused-ring (bicyclic) bond motifs is 1. The lowest BCUT2D eigenvalue weighted by Gasteiger charge is -2.10. The molecule has 7 nitrogen and oxygen atoms in total. The fraction of sp³-hybridized carbons (Fsp3) is 0.273. The van der Waals surface area contributed by atoms with E-state index >= 15 is 0 Å². The number of aromatic nitrogens is 4. The van der Waals surface area contributed by atoms with E-state index in [2.05, 4.69) is 15.1 Å². The molecule has 0 fully saturated rings. The standard InChI is InChI=1S/C22H22N4O3/c1-4-12-26-19-11-10-16(13-18(19)23-14(2)22(26)27)20-24-21(29-25-20)15(3)28-17-8-6-5-7-9-17/h5-11,13,15H,4,12H2,1-3H3/t15-/m1/s1. The van der Waals surface area contributed by atoms with Gasteiger partial charge in [-0.1, -0.05) is 30.3 Å². The zero-order valence-electron chi connectivity index (χ0n) is 16.6. The van der Waals surface area contributed by atoms with E-state index < -0.39 is 0 Å². The molecule has 0 radical (unpaired) electrons. The number of hydrogen-bond donors (Lipinski definition) is 0. The van der Waals surface area contributed by atoms with Crippen molar-refractivity contribution >= 4 is 11.0 Å². The second-order valence-electron chi connectivity index (χ2n) is 6.89. The lowest BCUT2D eigenvalue weighted by molar-refractivity contribution is 0.176. The van der Waals surface area contributed by atoms with Gasteiger partial charge in [-0.25, -0.2) is 4.98 Å². The van der Waals surface area contributed by atoms with Crippen molar-refractivity contribution in [2.24, 2.45) is 0 Å². The normalized spacial score (nSPS) is 12.2. The van der Waals surface area contributed by atoms with Crippen LogP contribution < -0.4 is 10.3 Å². The molecule has 0 amide bonds. The van der Waals surface area contributed by atoms with Crippen molar-refractivity contribution in [2.45, 2.75) is 39.8 Å². The highest BCUT2D eigenvalue weighted by molar-refractivity contribution is 5.80. The van der Waals surface area contributed by atoms with E-state index in [4.69, 9.17) is 9.26 Å². The highest BCUT2D eigenvalue weighted by Crippen LogP contribution is 2.25. The maximum absolute atomic E-state index is 12.4. The molecule has 0 aliphatic rings. The lowest BCUT2D eigenvalue weighted by Crippen LogP contribution is -2.24. The molecular weight excluding hydrogens is 368 g/mol. The van der Waals surface area contributed by atoms with Crippen LogP contribution in [0, 0.1) is 6.92 Å². The number of aryl methyl sites for hydroxylation is 2. The third-order valence-corrected chi connectivity index (χ3v) is 4.66. The van der Waals surface area contributed by atoms with E-state index in [-0.39, 0.29) is 11.7 Å². The Hall–Kier alpha value is -3.48. The molecule has 4 aromatic rings. The predicted molar refractivity (Wildman–Crippen MR) is 110 cm³/mol. The first kappa shape index (κ1) is 18.9. The average molecular weight is 390 g/mol. The van der Waals surface area contributed by atoms with Crippen molar-refractivity contribution in [1.82, 2.24) is 19.7 Å². The van der Waals surface area contributed by atoms with Crippen molar-refractivity contribution < 1.29 is 9.26 Å². The van der Waals surface area contributed by atoms with Crippen LogP contribution in [0.2, 0.25) is 0 Å². The van der Waals surface area contributed by atoms with Crippen LogP contribution in [0.1, 0.15) is 38.0 Å². The Labute approximate surface area is 168 Å². The van der Waals surface area contributed by atoms with Gasteiger partial charge in [-0.3, -0.25) is 4.79 Å². The molecule has 0 aliphatic carbocycles. The topological polar surface area (TPSA) is 83.0 Å². The summed E-state index contributed by atoms with van der Waals surface area (Å²) in [4.78, 5) is 21.3. The van der Waals surface area contributed by atoms with Crippen LogP contribution >= 0.6 is 0 Å². The summed E-state index contributed by atoms with van der Waals surface area (Å²) in [6.45, 7) is 6.29. The van der Waals surface area contributed by atoms with Crippen molar-refractivity contribution in [3.8, 4) is 17.1 Å². The number of para-hydroxylation sites is 1. The fourth-order valence-corrected chi connectivity index (χ4v) is 3.23. The number of nitrogens with zero attached hydrogens (tertiary/aromatic N) is 4. The average Bonchev–Trinajstić information content (AvgIpc) is 3.22. The number of ether oxygens (including phenoxy) is 1. The van der Waals surface area contributed by atoms with Crippen LogP contribution in [-0.2, 0) is 6.54 Å². The molecule has 0 N–H and O–H groups in total. The Bertz CT molecular complexity index is 1200. The highest BCUT2D eigenvalue weighted by Gasteiger charge is 2.18. The minimum absolute atomic E-state index is 0.0548. The molecular formula is C22H22N4O3. The minimum atomic E-state index is -0.380. The number of benzene rings is 2. The van der Waals surface area contributed by atoms with Crippen molar-refractivity contribution in [3.05, 3.63) is 70.5 Å². The van der Waals surface area contributed by atoms with Crippen molar-refractivity contribution in [1.29, 1.82) is 0 Å². The summed E-state index contributed by atoms with van der Waals surface area (Å²) < 4.78 is 13.0. The summed E-state index contributed by atoms with van der Waals surface area (Å²) in [5.74, 6) is 1.58. The second kappa shape index (κ2) is 7.87. The zero-order chi connectivity index (χ0) is 20.4. The first-order valence-electron chi connectivity index (χ1n) is 9.63. The van der Waals surface area contributed by atoms with E-state index in [0.29, 0.717) is 24.0 Å². The summed E-state index contributed by atoms with van der Waals surface area (Å²) in [6.07, 6.45) is 0.488. The summed E-state index contributed by atoms with van der Waals surface area (Å²) in [5.41, 5.74) is 2.72. The predicted octanol–water partition coefficient (Wildman–Crippen LogP) is 4.30. The molecule has 2 aromatic carbocycles. The molecule has 0 bridgehead atoms. The van der Waals surface area contributed by atoms with Gasteiger partial charge < -0.3 is 13.8 Å². The van der Waals surface area contributed by atoms with E-state index in [9.17, 15) is 4.79 Å². The summed E-state index contributed by atoms with van der Waals surface area (Å²) in [6, 6.07) is 15.1. The third-order valence-electron chi connectivity index (χ3n) is 4.66. The fourth-order valence-electron chi connectivity index (χ4n) is 3.23. The van der Waals surface area contributed by atoms with Gasteiger partial charge in [-0.05, 0) is 50.6 Å². The van der Waals surface area contributed by atoms with Crippen molar-refractivity contribution in [3.63, 3.8) is 0 Å². The van der Waals surface area contributed by atoms with E-state index in [1.54, 1.807) is 11.5 Å². The van der Waals surface area contributed by atoms with Crippen LogP contribution in [0.4, 0.5) is 0 Å². The van der Waals surface area contributed by atoms with Gasteiger partial charge in [-0.15, -0.1) is 0 Å². The van der Waals surface area contributed by atoms with Crippen LogP contribution in [0.5, 0.6) is 5.75 Å². The molecule has 0 spiro atoms. The van der Waals surface area contributed by atoms with Crippen LogP contribution in [0.15, 0.2) is 57.8 Å². The van der Waals surface area contributed by atoms with Crippen molar-refractivity contribution in [2.75, 3.05) is 0 Å². The van der Waals surface area contributed by atoms with Gasteiger partial charge in [0, 0.05) is 12.1 Å². The molecule has 0 unspecified atom stereocenters. The van der Waals surface area contributed by atoms with Gasteiger partial charge >= 0.3 is 0 Å². The zero-order valence-corrected chi connectivity index (χ0v) is 16.6. The first-order valence-corrected chi connectivity index (χ1v) is 9.63.